The normalized spacial score (nSPS) is 11.2. The highest BCUT2D eigenvalue weighted by Crippen LogP contribution is 2.17. The first-order valence-electron chi connectivity index (χ1n) is 9.52. The first-order valence-corrected chi connectivity index (χ1v) is 9.52. The van der Waals surface area contributed by atoms with E-state index in [1.165, 1.54) is 0 Å². The maximum Gasteiger partial charge on any atom is 0.213 e. The van der Waals surface area contributed by atoms with Crippen LogP contribution in [0.4, 0.5) is 5.69 Å². The van der Waals surface area contributed by atoms with Crippen molar-refractivity contribution in [1.29, 1.82) is 0 Å². The molecular formula is C21H30N4O3. The quantitative estimate of drug-likeness (QED) is 0.350. The highest BCUT2D eigenvalue weighted by Gasteiger charge is 2.03. The van der Waals surface area contributed by atoms with E-state index < -0.39 is 0 Å². The van der Waals surface area contributed by atoms with Crippen LogP contribution in [0.2, 0.25) is 0 Å². The molecule has 0 aliphatic rings. The van der Waals surface area contributed by atoms with Crippen LogP contribution in [0.3, 0.4) is 0 Å². The molecule has 0 saturated carbocycles. The molecule has 0 unspecified atom stereocenters. The molecule has 7 nitrogen and oxygen atoms in total. The third-order valence-electron chi connectivity index (χ3n) is 3.79. The molecule has 0 radical (unpaired) electrons. The van der Waals surface area contributed by atoms with Gasteiger partial charge in [0.25, 0.3) is 0 Å². The van der Waals surface area contributed by atoms with E-state index in [0.717, 1.165) is 29.8 Å². The fourth-order valence-corrected chi connectivity index (χ4v) is 2.37. The lowest BCUT2D eigenvalue weighted by molar-refractivity contribution is 0.172. The van der Waals surface area contributed by atoms with Crippen molar-refractivity contribution in [2.45, 2.75) is 26.3 Å². The summed E-state index contributed by atoms with van der Waals surface area (Å²) in [5.41, 5.74) is 1.95. The number of rotatable bonds is 11. The molecule has 0 fully saturated rings. The van der Waals surface area contributed by atoms with Gasteiger partial charge in [-0.2, -0.15) is 0 Å². The van der Waals surface area contributed by atoms with Crippen LogP contribution in [0.15, 0.2) is 47.6 Å². The Kier molecular flexibility index (Phi) is 9.65. The monoisotopic (exact) mass is 386 g/mol. The van der Waals surface area contributed by atoms with E-state index in [1.54, 1.807) is 20.4 Å². The average Bonchev–Trinajstić information content (AvgIpc) is 2.74. The number of benzene rings is 1. The predicted octanol–water partition coefficient (Wildman–Crippen LogP) is 3.47. The molecule has 0 bridgehead atoms. The number of hydrogen-bond donors (Lipinski definition) is 2. The summed E-state index contributed by atoms with van der Waals surface area (Å²) in [4.78, 5) is 8.57. The zero-order chi connectivity index (χ0) is 20.0. The van der Waals surface area contributed by atoms with Gasteiger partial charge in [-0.15, -0.1) is 0 Å². The average molecular weight is 386 g/mol. The molecule has 0 atom stereocenters. The molecule has 0 amide bonds. The van der Waals surface area contributed by atoms with Gasteiger partial charge >= 0.3 is 0 Å². The number of ether oxygens (including phenoxy) is 3. The van der Waals surface area contributed by atoms with Crippen molar-refractivity contribution < 1.29 is 14.2 Å². The molecule has 0 aliphatic heterocycles. The van der Waals surface area contributed by atoms with Crippen LogP contribution in [-0.4, -0.2) is 44.9 Å². The predicted molar refractivity (Wildman–Crippen MR) is 112 cm³/mol. The number of guanidine groups is 1. The van der Waals surface area contributed by atoms with Crippen molar-refractivity contribution in [1.82, 2.24) is 10.3 Å². The molecule has 0 aliphatic carbocycles. The molecule has 28 heavy (non-hydrogen) atoms. The molecule has 0 saturated heterocycles. The summed E-state index contributed by atoms with van der Waals surface area (Å²) in [6.07, 6.45) is 3.62. The standard InChI is InChI=1S/C21H30N4O3/c1-4-11-28-20-10-9-17(15-23-20)16-24-21(22-2)25-18-7-5-8-19(14-18)27-13-6-12-26-3/h5,7-10,14-15H,4,6,11-13,16H2,1-3H3,(H2,22,24,25). The lowest BCUT2D eigenvalue weighted by Crippen LogP contribution is -2.30. The van der Waals surface area contributed by atoms with Crippen molar-refractivity contribution in [2.24, 2.45) is 4.99 Å². The van der Waals surface area contributed by atoms with Crippen molar-refractivity contribution >= 4 is 11.6 Å². The molecule has 1 heterocycles. The minimum absolute atomic E-state index is 0.605. The fourth-order valence-electron chi connectivity index (χ4n) is 2.37. The van der Waals surface area contributed by atoms with Crippen LogP contribution in [-0.2, 0) is 11.3 Å². The number of nitrogens with one attached hydrogen (secondary N) is 2. The van der Waals surface area contributed by atoms with E-state index in [9.17, 15) is 0 Å². The largest absolute Gasteiger partial charge is 0.493 e. The Morgan fingerprint density at radius 3 is 2.71 bits per heavy atom. The van der Waals surface area contributed by atoms with Gasteiger partial charge in [-0.25, -0.2) is 4.98 Å². The minimum Gasteiger partial charge on any atom is -0.493 e. The Balaban J connectivity index is 1.83. The summed E-state index contributed by atoms with van der Waals surface area (Å²) >= 11 is 0. The second-order valence-electron chi connectivity index (χ2n) is 6.13. The van der Waals surface area contributed by atoms with Crippen LogP contribution in [0, 0.1) is 0 Å². The molecular weight excluding hydrogens is 356 g/mol. The van der Waals surface area contributed by atoms with E-state index in [-0.39, 0.29) is 0 Å². The number of aliphatic imine (C=N–C) groups is 1. The van der Waals surface area contributed by atoms with Gasteiger partial charge < -0.3 is 24.8 Å². The van der Waals surface area contributed by atoms with Crippen LogP contribution in [0.25, 0.3) is 0 Å². The Morgan fingerprint density at radius 2 is 2.00 bits per heavy atom. The Hall–Kier alpha value is -2.80. The van der Waals surface area contributed by atoms with E-state index >= 15 is 0 Å². The zero-order valence-corrected chi connectivity index (χ0v) is 16.9. The van der Waals surface area contributed by atoms with Gasteiger partial charge in [-0.3, -0.25) is 4.99 Å². The Labute approximate surface area is 167 Å². The number of hydrogen-bond acceptors (Lipinski definition) is 5. The lowest BCUT2D eigenvalue weighted by Gasteiger charge is -2.13. The van der Waals surface area contributed by atoms with Gasteiger partial charge in [0.15, 0.2) is 5.96 Å². The van der Waals surface area contributed by atoms with Gasteiger partial charge in [0.05, 0.1) is 13.2 Å². The lowest BCUT2D eigenvalue weighted by atomic mass is 10.3. The van der Waals surface area contributed by atoms with E-state index in [4.69, 9.17) is 14.2 Å². The van der Waals surface area contributed by atoms with Crippen molar-refractivity contribution in [2.75, 3.05) is 39.3 Å². The van der Waals surface area contributed by atoms with Crippen LogP contribution in [0.5, 0.6) is 11.6 Å². The van der Waals surface area contributed by atoms with Crippen molar-refractivity contribution in [3.8, 4) is 11.6 Å². The Morgan fingerprint density at radius 1 is 1.11 bits per heavy atom. The summed E-state index contributed by atoms with van der Waals surface area (Å²) in [5, 5.41) is 6.55. The van der Waals surface area contributed by atoms with Crippen molar-refractivity contribution in [3.63, 3.8) is 0 Å². The molecule has 7 heteroatoms. The third-order valence-corrected chi connectivity index (χ3v) is 3.79. The number of pyridine rings is 1. The molecule has 2 rings (SSSR count). The fraction of sp³-hybridized carbons (Fsp3) is 0.429. The molecule has 0 spiro atoms. The van der Waals surface area contributed by atoms with E-state index in [2.05, 4.69) is 27.5 Å². The number of nitrogens with zero attached hydrogens (tertiary/aromatic N) is 2. The van der Waals surface area contributed by atoms with Gasteiger partial charge in [-0.1, -0.05) is 19.1 Å². The summed E-state index contributed by atoms with van der Waals surface area (Å²) in [6, 6.07) is 11.7. The summed E-state index contributed by atoms with van der Waals surface area (Å²) in [7, 11) is 3.42. The van der Waals surface area contributed by atoms with Crippen LogP contribution in [0.1, 0.15) is 25.3 Å². The molecule has 1 aromatic heterocycles. The maximum atomic E-state index is 5.73. The third kappa shape index (κ3) is 7.84. The van der Waals surface area contributed by atoms with Crippen LogP contribution < -0.4 is 20.1 Å². The summed E-state index contributed by atoms with van der Waals surface area (Å²) in [6.45, 7) is 4.66. The summed E-state index contributed by atoms with van der Waals surface area (Å²) in [5.74, 6) is 2.13. The molecule has 2 N–H and O–H groups in total. The topological polar surface area (TPSA) is 77.0 Å². The van der Waals surface area contributed by atoms with E-state index in [0.29, 0.717) is 38.2 Å². The first kappa shape index (κ1) is 21.5. The maximum absolute atomic E-state index is 5.73. The molecule has 2 aromatic rings. The molecule has 152 valence electrons. The second kappa shape index (κ2) is 12.6. The van der Waals surface area contributed by atoms with Gasteiger partial charge in [0.1, 0.15) is 5.75 Å². The van der Waals surface area contributed by atoms with Crippen LogP contribution >= 0.6 is 0 Å². The first-order chi connectivity index (χ1) is 13.7. The van der Waals surface area contributed by atoms with Gasteiger partial charge in [0, 0.05) is 57.7 Å². The highest BCUT2D eigenvalue weighted by molar-refractivity contribution is 5.93. The zero-order valence-electron chi connectivity index (χ0n) is 16.9. The second-order valence-corrected chi connectivity index (χ2v) is 6.13. The van der Waals surface area contributed by atoms with Gasteiger partial charge in [-0.05, 0) is 24.1 Å². The number of methoxy groups -OCH3 is 1. The number of anilines is 1. The minimum atomic E-state index is 0.605. The molecule has 1 aromatic carbocycles. The highest BCUT2D eigenvalue weighted by atomic mass is 16.5. The number of aromatic nitrogens is 1. The van der Waals surface area contributed by atoms with Gasteiger partial charge in [0.2, 0.25) is 5.88 Å². The van der Waals surface area contributed by atoms with E-state index in [1.807, 2.05) is 36.4 Å². The SMILES string of the molecule is CCCOc1ccc(CNC(=NC)Nc2cccc(OCCCOC)c2)cn1. The smallest absolute Gasteiger partial charge is 0.213 e. The Bertz CT molecular complexity index is 720. The van der Waals surface area contributed by atoms with Crippen molar-refractivity contribution in [3.05, 3.63) is 48.2 Å². The summed E-state index contributed by atoms with van der Waals surface area (Å²) < 4.78 is 16.3.